The van der Waals surface area contributed by atoms with Gasteiger partial charge in [0.15, 0.2) is 0 Å². The Balaban J connectivity index is 1.14. The summed E-state index contributed by atoms with van der Waals surface area (Å²) < 4.78 is 7.64. The molecule has 0 radical (unpaired) electrons. The predicted molar refractivity (Wildman–Crippen MR) is 183 cm³/mol. The first-order valence-electron chi connectivity index (χ1n) is 16.3. The number of likely N-dealkylation sites (tertiary alicyclic amines) is 1. The number of carboxylic acids is 1. The van der Waals surface area contributed by atoms with E-state index in [2.05, 4.69) is 26.6 Å². The smallest absolute Gasteiger partial charge is 0.307 e. The van der Waals surface area contributed by atoms with E-state index >= 15 is 0 Å². The van der Waals surface area contributed by atoms with Crippen LogP contribution in [-0.2, 0) is 22.7 Å². The molecule has 2 aromatic heterocycles. The van der Waals surface area contributed by atoms with Crippen molar-refractivity contribution in [3.63, 3.8) is 0 Å². The van der Waals surface area contributed by atoms with Crippen LogP contribution in [-0.4, -0.2) is 74.4 Å². The average molecular weight is 691 g/mol. The maximum absolute atomic E-state index is 11.6. The lowest BCUT2D eigenvalue weighted by atomic mass is 9.98. The fourth-order valence-electron chi connectivity index (χ4n) is 7.12. The Morgan fingerprint density at radius 3 is 2.44 bits per heavy atom. The number of hydrogen-bond donors (Lipinski definition) is 3. The topological polar surface area (TPSA) is 134 Å². The SMILES string of the molecule is COc1nc(-c2cccc(-c3cccc(-c4cc5n(n4)CCCC5N4CC[C@@H](C(=O)O)C4)c3Cl)c2Cl)cnc1CNC[C@@H]1CCC(=O)N1. The van der Waals surface area contributed by atoms with Gasteiger partial charge in [-0.25, -0.2) is 4.98 Å². The highest BCUT2D eigenvalue weighted by Gasteiger charge is 2.36. The molecule has 1 amide bonds. The van der Waals surface area contributed by atoms with Gasteiger partial charge in [-0.3, -0.25) is 24.2 Å². The first kappa shape index (κ1) is 32.5. The number of amides is 1. The molecule has 3 aliphatic heterocycles. The highest BCUT2D eigenvalue weighted by molar-refractivity contribution is 6.39. The number of carboxylic acid groups (broad SMARTS) is 1. The number of methoxy groups -OCH3 is 1. The second-order valence-corrected chi connectivity index (χ2v) is 13.4. The summed E-state index contributed by atoms with van der Waals surface area (Å²) in [6, 6.07) is 14.0. The van der Waals surface area contributed by atoms with Gasteiger partial charge >= 0.3 is 5.97 Å². The maximum atomic E-state index is 11.6. The summed E-state index contributed by atoms with van der Waals surface area (Å²) in [6.45, 7) is 3.22. The lowest BCUT2D eigenvalue weighted by molar-refractivity contribution is -0.141. The van der Waals surface area contributed by atoms with Gasteiger partial charge in [0.2, 0.25) is 11.8 Å². The predicted octanol–water partition coefficient (Wildman–Crippen LogP) is 5.60. The van der Waals surface area contributed by atoms with Crippen LogP contribution in [0.15, 0.2) is 48.7 Å². The van der Waals surface area contributed by atoms with E-state index < -0.39 is 5.97 Å². The molecule has 11 nitrogen and oxygen atoms in total. The third-order valence-corrected chi connectivity index (χ3v) is 10.4. The Labute approximate surface area is 288 Å². The highest BCUT2D eigenvalue weighted by Crippen LogP contribution is 2.43. The number of ether oxygens (including phenoxy) is 1. The van der Waals surface area contributed by atoms with Crippen LogP contribution in [0.2, 0.25) is 10.0 Å². The van der Waals surface area contributed by atoms with Crippen molar-refractivity contribution in [2.75, 3.05) is 26.7 Å². The first-order chi connectivity index (χ1) is 23.3. The second-order valence-electron chi connectivity index (χ2n) is 12.6. The van der Waals surface area contributed by atoms with Gasteiger partial charge in [-0.05, 0) is 38.3 Å². The van der Waals surface area contributed by atoms with Gasteiger partial charge in [-0.15, -0.1) is 0 Å². The molecule has 0 spiro atoms. The van der Waals surface area contributed by atoms with Crippen molar-refractivity contribution in [3.05, 3.63) is 70.1 Å². The fraction of sp³-hybridized carbons (Fsp3) is 0.400. The van der Waals surface area contributed by atoms with E-state index in [4.69, 9.17) is 38.0 Å². The zero-order chi connectivity index (χ0) is 33.4. The second kappa shape index (κ2) is 13.8. The van der Waals surface area contributed by atoms with E-state index in [9.17, 15) is 14.7 Å². The molecule has 48 heavy (non-hydrogen) atoms. The zero-order valence-corrected chi connectivity index (χ0v) is 28.1. The summed E-state index contributed by atoms with van der Waals surface area (Å²) >= 11 is 14.2. The maximum Gasteiger partial charge on any atom is 0.307 e. The number of carbonyl (C=O) groups excluding carboxylic acids is 1. The van der Waals surface area contributed by atoms with E-state index in [1.54, 1.807) is 13.3 Å². The molecule has 2 saturated heterocycles. The number of rotatable bonds is 10. The molecule has 1 unspecified atom stereocenters. The molecule has 0 aliphatic carbocycles. The summed E-state index contributed by atoms with van der Waals surface area (Å²) in [5, 5.41) is 21.8. The van der Waals surface area contributed by atoms with Crippen molar-refractivity contribution in [1.29, 1.82) is 0 Å². The summed E-state index contributed by atoms with van der Waals surface area (Å²) in [5.74, 6) is -0.570. The Hall–Kier alpha value is -4.03. The average Bonchev–Trinajstić information content (AvgIpc) is 3.85. The van der Waals surface area contributed by atoms with E-state index in [0.29, 0.717) is 65.4 Å². The molecule has 4 aromatic rings. The molecule has 2 aromatic carbocycles. The fourth-order valence-corrected chi connectivity index (χ4v) is 7.77. The van der Waals surface area contributed by atoms with Crippen molar-refractivity contribution in [3.8, 4) is 39.5 Å². The molecular weight excluding hydrogens is 653 g/mol. The van der Waals surface area contributed by atoms with Crippen molar-refractivity contribution in [2.24, 2.45) is 5.92 Å². The van der Waals surface area contributed by atoms with Crippen LogP contribution in [0, 0.1) is 5.92 Å². The number of halogens is 2. The summed E-state index contributed by atoms with van der Waals surface area (Å²) in [4.78, 5) is 34.8. The van der Waals surface area contributed by atoms with Crippen molar-refractivity contribution in [2.45, 2.75) is 57.3 Å². The molecule has 2 fully saturated rings. The van der Waals surface area contributed by atoms with Gasteiger partial charge in [0.25, 0.3) is 0 Å². The highest BCUT2D eigenvalue weighted by atomic mass is 35.5. The van der Waals surface area contributed by atoms with Crippen LogP contribution in [0.4, 0.5) is 0 Å². The minimum Gasteiger partial charge on any atom is -0.481 e. The number of aromatic nitrogens is 4. The molecule has 13 heteroatoms. The largest absolute Gasteiger partial charge is 0.481 e. The van der Waals surface area contributed by atoms with Gasteiger partial charge in [0, 0.05) is 60.9 Å². The number of aliphatic carboxylic acids is 1. The monoisotopic (exact) mass is 689 g/mol. The first-order valence-corrected chi connectivity index (χ1v) is 17.1. The standard InChI is InChI=1S/C35H37Cl2N7O4/c1-48-34-28(17-38-16-21-10-11-31(45)40-21)39-18-27(41-34)25-8-3-6-23(33(25)37)22-5-2-7-24(32(22)36)26-15-30-29(9-4-13-44(30)42-26)43-14-12-20(19-43)35(46)47/h2-3,5-8,15,18,20-21,29,38H,4,9-14,16-17,19H2,1H3,(H,40,45)(H,46,47)/t20-,21+,29?/m1/s1. The molecule has 3 N–H and O–H groups in total. The normalized spacial score (nSPS) is 20.9. The van der Waals surface area contributed by atoms with Crippen LogP contribution >= 0.6 is 23.2 Å². The van der Waals surface area contributed by atoms with Crippen LogP contribution in [0.3, 0.4) is 0 Å². The van der Waals surface area contributed by atoms with Crippen molar-refractivity contribution in [1.82, 2.24) is 35.3 Å². The molecular formula is C35H37Cl2N7O4. The Kier molecular flexibility index (Phi) is 9.37. The van der Waals surface area contributed by atoms with Crippen LogP contribution < -0.4 is 15.4 Å². The van der Waals surface area contributed by atoms with Gasteiger partial charge < -0.3 is 20.5 Å². The number of fused-ring (bicyclic) bond motifs is 1. The Morgan fingerprint density at radius 2 is 1.77 bits per heavy atom. The van der Waals surface area contributed by atoms with Gasteiger partial charge in [0.1, 0.15) is 5.69 Å². The van der Waals surface area contributed by atoms with E-state index in [1.807, 2.05) is 41.1 Å². The number of aryl methyl sites for hydroxylation is 1. The lowest BCUT2D eigenvalue weighted by Crippen LogP contribution is -2.35. The van der Waals surface area contributed by atoms with Gasteiger partial charge in [0.05, 0.1) is 52.4 Å². The Bertz CT molecular complexity index is 1860. The number of carbonyl (C=O) groups is 2. The molecule has 5 heterocycles. The van der Waals surface area contributed by atoms with E-state index in [1.165, 1.54) is 0 Å². The number of hydrogen-bond acceptors (Lipinski definition) is 8. The minimum atomic E-state index is -0.725. The van der Waals surface area contributed by atoms with Gasteiger partial charge in [-0.1, -0.05) is 59.6 Å². The summed E-state index contributed by atoms with van der Waals surface area (Å²) in [6.07, 6.45) is 5.68. The van der Waals surface area contributed by atoms with Crippen molar-refractivity contribution < 1.29 is 19.4 Å². The van der Waals surface area contributed by atoms with Crippen molar-refractivity contribution >= 4 is 35.1 Å². The van der Waals surface area contributed by atoms with Gasteiger partial charge in [-0.2, -0.15) is 5.10 Å². The molecule has 250 valence electrons. The molecule has 0 bridgehead atoms. The number of nitrogens with one attached hydrogen (secondary N) is 2. The summed E-state index contributed by atoms with van der Waals surface area (Å²) in [7, 11) is 1.56. The third-order valence-electron chi connectivity index (χ3n) is 9.62. The minimum absolute atomic E-state index is 0.0840. The molecule has 7 rings (SSSR count). The van der Waals surface area contributed by atoms with E-state index in [0.717, 1.165) is 60.4 Å². The third kappa shape index (κ3) is 6.39. The molecule has 3 aliphatic rings. The molecule has 3 atom stereocenters. The van der Waals surface area contributed by atoms with Crippen LogP contribution in [0.1, 0.15) is 49.5 Å². The Morgan fingerprint density at radius 1 is 1.04 bits per heavy atom. The molecule has 0 saturated carbocycles. The zero-order valence-electron chi connectivity index (χ0n) is 26.6. The number of nitrogens with zero attached hydrogens (tertiary/aromatic N) is 5. The van der Waals surface area contributed by atoms with Crippen LogP contribution in [0.25, 0.3) is 33.6 Å². The van der Waals surface area contributed by atoms with Crippen LogP contribution in [0.5, 0.6) is 5.88 Å². The summed E-state index contributed by atoms with van der Waals surface area (Å²) in [5.41, 5.74) is 6.12. The number of benzene rings is 2. The lowest BCUT2D eigenvalue weighted by Gasteiger charge is -2.31. The quantitative estimate of drug-likeness (QED) is 0.195. The van der Waals surface area contributed by atoms with E-state index in [-0.39, 0.29) is 23.9 Å².